The molecule has 18 heavy (non-hydrogen) atoms. The molecule has 0 atom stereocenters. The molecule has 0 fully saturated rings. The lowest BCUT2D eigenvalue weighted by molar-refractivity contribution is -0.138. The average molecular weight is 251 g/mol. The Morgan fingerprint density at radius 3 is 2.39 bits per heavy atom. The van der Waals surface area contributed by atoms with Crippen molar-refractivity contribution in [1.29, 1.82) is 0 Å². The van der Waals surface area contributed by atoms with Crippen LogP contribution in [0.5, 0.6) is 0 Å². The number of rotatable bonds is 9. The van der Waals surface area contributed by atoms with E-state index in [4.69, 9.17) is 9.47 Å². The highest BCUT2D eigenvalue weighted by molar-refractivity contribution is 5.25. The predicted molar refractivity (Wildman–Crippen MR) is 74.5 cm³/mol. The zero-order valence-corrected chi connectivity index (χ0v) is 11.7. The second kappa shape index (κ2) is 9.09. The summed E-state index contributed by atoms with van der Waals surface area (Å²) in [7, 11) is 0. The Morgan fingerprint density at radius 1 is 1.11 bits per heavy atom. The van der Waals surface area contributed by atoms with Gasteiger partial charge in [-0.3, -0.25) is 0 Å². The third-order valence-corrected chi connectivity index (χ3v) is 2.84. The van der Waals surface area contributed by atoms with Crippen LogP contribution in [0.2, 0.25) is 0 Å². The molecule has 1 rings (SSSR count). The molecule has 0 aliphatic rings. The molecule has 1 N–H and O–H groups in total. The van der Waals surface area contributed by atoms with Crippen molar-refractivity contribution < 1.29 is 9.47 Å². The largest absolute Gasteiger partial charge is 0.353 e. The van der Waals surface area contributed by atoms with Gasteiger partial charge in [-0.05, 0) is 31.9 Å². The van der Waals surface area contributed by atoms with Crippen molar-refractivity contribution in [2.45, 2.75) is 40.0 Å². The van der Waals surface area contributed by atoms with Crippen molar-refractivity contribution in [2.75, 3.05) is 19.8 Å². The van der Waals surface area contributed by atoms with Gasteiger partial charge in [0.25, 0.3) is 0 Å². The van der Waals surface area contributed by atoms with Crippen LogP contribution in [0.1, 0.15) is 31.4 Å². The Bertz CT molecular complexity index is 322. The molecule has 0 aromatic heterocycles. The monoisotopic (exact) mass is 251 g/mol. The predicted octanol–water partition coefficient (Wildman–Crippen LogP) is 2.87. The van der Waals surface area contributed by atoms with Gasteiger partial charge in [-0.1, -0.05) is 24.3 Å². The fourth-order valence-corrected chi connectivity index (χ4v) is 1.84. The van der Waals surface area contributed by atoms with Crippen LogP contribution in [0.15, 0.2) is 24.3 Å². The van der Waals surface area contributed by atoms with Gasteiger partial charge in [0.15, 0.2) is 6.29 Å². The minimum atomic E-state index is -0.0793. The van der Waals surface area contributed by atoms with Crippen LogP contribution < -0.4 is 5.32 Å². The average Bonchev–Trinajstić information content (AvgIpc) is 2.37. The normalized spacial score (nSPS) is 11.1. The lowest BCUT2D eigenvalue weighted by Gasteiger charge is -2.17. The van der Waals surface area contributed by atoms with E-state index >= 15 is 0 Å². The Kier molecular flexibility index (Phi) is 7.65. The van der Waals surface area contributed by atoms with E-state index < -0.39 is 0 Å². The molecule has 0 radical (unpaired) electrons. The molecular weight excluding hydrogens is 226 g/mol. The van der Waals surface area contributed by atoms with Crippen LogP contribution in [0.4, 0.5) is 0 Å². The molecule has 3 heteroatoms. The smallest absolute Gasteiger partial charge is 0.158 e. The van der Waals surface area contributed by atoms with Crippen LogP contribution in [0.25, 0.3) is 0 Å². The summed E-state index contributed by atoms with van der Waals surface area (Å²) < 4.78 is 11.0. The molecule has 102 valence electrons. The summed E-state index contributed by atoms with van der Waals surface area (Å²) in [6, 6.07) is 8.44. The van der Waals surface area contributed by atoms with Crippen LogP contribution in [-0.4, -0.2) is 26.0 Å². The van der Waals surface area contributed by atoms with Gasteiger partial charge in [0.05, 0.1) is 0 Å². The van der Waals surface area contributed by atoms with E-state index in [1.165, 1.54) is 11.1 Å². The number of hydrogen-bond acceptors (Lipinski definition) is 3. The highest BCUT2D eigenvalue weighted by Crippen LogP contribution is 2.06. The van der Waals surface area contributed by atoms with E-state index in [1.807, 2.05) is 13.8 Å². The molecule has 0 spiro atoms. The molecule has 0 saturated carbocycles. The maximum Gasteiger partial charge on any atom is 0.158 e. The second-order valence-electron chi connectivity index (χ2n) is 4.23. The van der Waals surface area contributed by atoms with Gasteiger partial charge in [0.1, 0.15) is 0 Å². The van der Waals surface area contributed by atoms with Crippen LogP contribution in [0, 0.1) is 6.92 Å². The number of nitrogens with one attached hydrogen (secondary N) is 1. The van der Waals surface area contributed by atoms with Crippen molar-refractivity contribution in [3.63, 3.8) is 0 Å². The minimum Gasteiger partial charge on any atom is -0.353 e. The highest BCUT2D eigenvalue weighted by Gasteiger charge is 2.06. The van der Waals surface area contributed by atoms with E-state index in [0.717, 1.165) is 19.5 Å². The molecule has 0 amide bonds. The Balaban J connectivity index is 2.23. The first-order valence-electron chi connectivity index (χ1n) is 6.76. The highest BCUT2D eigenvalue weighted by atomic mass is 16.7. The quantitative estimate of drug-likeness (QED) is 0.541. The molecule has 0 unspecified atom stereocenters. The van der Waals surface area contributed by atoms with Gasteiger partial charge in [-0.15, -0.1) is 0 Å². The van der Waals surface area contributed by atoms with E-state index in [0.29, 0.717) is 13.2 Å². The van der Waals surface area contributed by atoms with Crippen molar-refractivity contribution in [2.24, 2.45) is 0 Å². The maximum atomic E-state index is 5.50. The third-order valence-electron chi connectivity index (χ3n) is 2.84. The van der Waals surface area contributed by atoms with Gasteiger partial charge in [-0.2, -0.15) is 0 Å². The summed E-state index contributed by atoms with van der Waals surface area (Å²) in [5.41, 5.74) is 2.68. The molecular formula is C15H25NO2. The summed E-state index contributed by atoms with van der Waals surface area (Å²) in [6.45, 7) is 9.32. The summed E-state index contributed by atoms with van der Waals surface area (Å²) in [4.78, 5) is 0. The van der Waals surface area contributed by atoms with Gasteiger partial charge in [-0.25, -0.2) is 0 Å². The Hall–Kier alpha value is -0.900. The minimum absolute atomic E-state index is 0.0793. The molecule has 0 aliphatic heterocycles. The van der Waals surface area contributed by atoms with E-state index in [9.17, 15) is 0 Å². The first-order valence-corrected chi connectivity index (χ1v) is 6.76. The fraction of sp³-hybridized carbons (Fsp3) is 0.600. The molecule has 3 nitrogen and oxygen atoms in total. The number of aryl methyl sites for hydroxylation is 1. The van der Waals surface area contributed by atoms with Crippen LogP contribution in [-0.2, 0) is 16.0 Å². The molecule has 0 aliphatic carbocycles. The fourth-order valence-electron chi connectivity index (χ4n) is 1.84. The molecule has 1 aromatic carbocycles. The van der Waals surface area contributed by atoms with Crippen LogP contribution in [0.3, 0.4) is 0 Å². The summed E-state index contributed by atoms with van der Waals surface area (Å²) in [6.07, 6.45) is 0.803. The number of hydrogen-bond donors (Lipinski definition) is 1. The zero-order chi connectivity index (χ0) is 13.2. The molecule has 0 bridgehead atoms. The lowest BCUT2D eigenvalue weighted by Crippen LogP contribution is -2.24. The summed E-state index contributed by atoms with van der Waals surface area (Å²) >= 11 is 0. The third kappa shape index (κ3) is 5.63. The van der Waals surface area contributed by atoms with Crippen molar-refractivity contribution >= 4 is 0 Å². The van der Waals surface area contributed by atoms with Crippen molar-refractivity contribution in [1.82, 2.24) is 5.32 Å². The van der Waals surface area contributed by atoms with Gasteiger partial charge < -0.3 is 14.8 Å². The summed E-state index contributed by atoms with van der Waals surface area (Å²) in [5, 5.41) is 3.43. The second-order valence-corrected chi connectivity index (χ2v) is 4.23. The molecule has 0 heterocycles. The van der Waals surface area contributed by atoms with Crippen molar-refractivity contribution in [3.8, 4) is 0 Å². The SMILES string of the molecule is CCOC(CCNCc1ccccc1C)OCC. The van der Waals surface area contributed by atoms with E-state index in [1.54, 1.807) is 0 Å². The van der Waals surface area contributed by atoms with E-state index in [-0.39, 0.29) is 6.29 Å². The van der Waals surface area contributed by atoms with Crippen LogP contribution >= 0.6 is 0 Å². The van der Waals surface area contributed by atoms with Gasteiger partial charge in [0, 0.05) is 32.7 Å². The number of ether oxygens (including phenoxy) is 2. The Morgan fingerprint density at radius 2 is 1.78 bits per heavy atom. The summed E-state index contributed by atoms with van der Waals surface area (Å²) in [5.74, 6) is 0. The van der Waals surface area contributed by atoms with Gasteiger partial charge >= 0.3 is 0 Å². The lowest BCUT2D eigenvalue weighted by atomic mass is 10.1. The van der Waals surface area contributed by atoms with Crippen molar-refractivity contribution in [3.05, 3.63) is 35.4 Å². The topological polar surface area (TPSA) is 30.5 Å². The maximum absolute atomic E-state index is 5.50. The molecule has 0 saturated heterocycles. The number of benzene rings is 1. The Labute approximate surface area is 110 Å². The standard InChI is InChI=1S/C15H25NO2/c1-4-17-15(18-5-2)10-11-16-12-14-9-7-6-8-13(14)3/h6-9,15-16H,4-5,10-12H2,1-3H3. The van der Waals surface area contributed by atoms with Gasteiger partial charge in [0.2, 0.25) is 0 Å². The zero-order valence-electron chi connectivity index (χ0n) is 11.7. The van der Waals surface area contributed by atoms with E-state index in [2.05, 4.69) is 36.5 Å². The first kappa shape index (κ1) is 15.2. The first-order chi connectivity index (χ1) is 8.77. The molecule has 1 aromatic rings.